The summed E-state index contributed by atoms with van der Waals surface area (Å²) in [6.07, 6.45) is 3.08. The highest BCUT2D eigenvalue weighted by molar-refractivity contribution is 7.07. The Labute approximate surface area is 123 Å². The Hall–Kier alpha value is -1.81. The molecule has 20 heavy (non-hydrogen) atoms. The molecule has 1 aliphatic heterocycles. The molecule has 104 valence electrons. The zero-order chi connectivity index (χ0) is 13.8. The minimum atomic E-state index is 0.0219. The van der Waals surface area contributed by atoms with Gasteiger partial charge in [-0.25, -0.2) is 0 Å². The molecule has 3 nitrogen and oxygen atoms in total. The predicted molar refractivity (Wildman–Crippen MR) is 83.6 cm³/mol. The Balaban J connectivity index is 1.59. The van der Waals surface area contributed by atoms with Crippen molar-refractivity contribution in [1.29, 1.82) is 0 Å². The molecule has 1 aromatic heterocycles. The lowest BCUT2D eigenvalue weighted by Crippen LogP contribution is -2.26. The van der Waals surface area contributed by atoms with E-state index in [2.05, 4.69) is 27.5 Å². The van der Waals surface area contributed by atoms with Gasteiger partial charge in [-0.2, -0.15) is 11.3 Å². The first-order chi connectivity index (χ1) is 9.83. The van der Waals surface area contributed by atoms with E-state index in [1.54, 1.807) is 11.3 Å². The highest BCUT2D eigenvalue weighted by Gasteiger charge is 2.12. The third kappa shape index (κ3) is 3.02. The third-order valence-electron chi connectivity index (χ3n) is 3.59. The first-order valence-corrected chi connectivity index (χ1v) is 7.93. The number of hydrogen-bond acceptors (Lipinski definition) is 3. The first-order valence-electron chi connectivity index (χ1n) is 6.99. The Morgan fingerprint density at radius 2 is 2.30 bits per heavy atom. The standard InChI is InChI=1S/C16H18N2OS/c19-16(18-8-5-12-6-9-20-11-12)14-3-4-15-13(10-14)2-1-7-17-15/h3-4,6,9-11,17H,1-2,5,7-8H2,(H,18,19). The maximum absolute atomic E-state index is 12.1. The maximum Gasteiger partial charge on any atom is 0.251 e. The van der Waals surface area contributed by atoms with Crippen LogP contribution in [-0.4, -0.2) is 19.0 Å². The van der Waals surface area contributed by atoms with Gasteiger partial charge in [0.1, 0.15) is 0 Å². The van der Waals surface area contributed by atoms with E-state index in [9.17, 15) is 4.79 Å². The molecular formula is C16H18N2OS. The number of carbonyl (C=O) groups is 1. The van der Waals surface area contributed by atoms with Crippen LogP contribution in [0.1, 0.15) is 27.9 Å². The molecule has 0 bridgehead atoms. The summed E-state index contributed by atoms with van der Waals surface area (Å²) in [6.45, 7) is 1.71. The molecule has 0 unspecified atom stereocenters. The van der Waals surface area contributed by atoms with Gasteiger partial charge in [0.2, 0.25) is 0 Å². The number of aryl methyl sites for hydroxylation is 1. The van der Waals surface area contributed by atoms with Crippen molar-refractivity contribution in [1.82, 2.24) is 5.32 Å². The second-order valence-electron chi connectivity index (χ2n) is 5.04. The van der Waals surface area contributed by atoms with Crippen molar-refractivity contribution in [3.8, 4) is 0 Å². The van der Waals surface area contributed by atoms with Gasteiger partial charge in [0.05, 0.1) is 0 Å². The summed E-state index contributed by atoms with van der Waals surface area (Å²) < 4.78 is 0. The minimum absolute atomic E-state index is 0.0219. The first kappa shape index (κ1) is 13.2. The number of amides is 1. The lowest BCUT2D eigenvalue weighted by molar-refractivity contribution is 0.0954. The predicted octanol–water partition coefficient (Wildman–Crippen LogP) is 3.08. The Morgan fingerprint density at radius 1 is 1.35 bits per heavy atom. The molecule has 2 N–H and O–H groups in total. The topological polar surface area (TPSA) is 41.1 Å². The smallest absolute Gasteiger partial charge is 0.251 e. The van der Waals surface area contributed by atoms with Gasteiger partial charge in [-0.3, -0.25) is 4.79 Å². The summed E-state index contributed by atoms with van der Waals surface area (Å²) in [5, 5.41) is 10.5. The van der Waals surface area contributed by atoms with Crippen LogP contribution in [0.2, 0.25) is 0 Å². The van der Waals surface area contributed by atoms with Crippen LogP contribution >= 0.6 is 11.3 Å². The highest BCUT2D eigenvalue weighted by Crippen LogP contribution is 2.22. The van der Waals surface area contributed by atoms with Gasteiger partial charge in [0, 0.05) is 24.3 Å². The molecule has 0 radical (unpaired) electrons. The fraction of sp³-hybridized carbons (Fsp3) is 0.312. The molecule has 1 amide bonds. The average Bonchev–Trinajstić information content (AvgIpc) is 3.00. The van der Waals surface area contributed by atoms with E-state index in [1.165, 1.54) is 16.8 Å². The summed E-state index contributed by atoms with van der Waals surface area (Å²) in [4.78, 5) is 12.1. The third-order valence-corrected chi connectivity index (χ3v) is 4.32. The van der Waals surface area contributed by atoms with Gasteiger partial charge in [0.15, 0.2) is 0 Å². The Kier molecular flexibility index (Phi) is 4.02. The van der Waals surface area contributed by atoms with Crippen molar-refractivity contribution in [3.05, 3.63) is 51.7 Å². The molecular weight excluding hydrogens is 268 g/mol. The number of rotatable bonds is 4. The van der Waals surface area contributed by atoms with E-state index in [1.807, 2.05) is 18.2 Å². The van der Waals surface area contributed by atoms with E-state index in [0.717, 1.165) is 31.4 Å². The second-order valence-corrected chi connectivity index (χ2v) is 5.82. The van der Waals surface area contributed by atoms with Crippen molar-refractivity contribution in [2.45, 2.75) is 19.3 Å². The van der Waals surface area contributed by atoms with E-state index < -0.39 is 0 Å². The summed E-state index contributed by atoms with van der Waals surface area (Å²) in [5.74, 6) is 0.0219. The molecule has 1 aliphatic rings. The van der Waals surface area contributed by atoms with Gasteiger partial charge in [0.25, 0.3) is 5.91 Å². The van der Waals surface area contributed by atoms with Gasteiger partial charge in [-0.05, 0) is 65.4 Å². The number of anilines is 1. The van der Waals surface area contributed by atoms with Crippen molar-refractivity contribution in [2.24, 2.45) is 0 Å². The molecule has 1 aromatic carbocycles. The number of nitrogens with one attached hydrogen (secondary N) is 2. The minimum Gasteiger partial charge on any atom is -0.385 e. The lowest BCUT2D eigenvalue weighted by atomic mass is 10.0. The summed E-state index contributed by atoms with van der Waals surface area (Å²) >= 11 is 1.69. The molecule has 0 fully saturated rings. The molecule has 2 heterocycles. The van der Waals surface area contributed by atoms with Crippen LogP contribution in [0.5, 0.6) is 0 Å². The molecule has 0 atom stereocenters. The zero-order valence-corrected chi connectivity index (χ0v) is 12.1. The van der Waals surface area contributed by atoms with Crippen LogP contribution in [0.3, 0.4) is 0 Å². The summed E-state index contributed by atoms with van der Waals surface area (Å²) in [7, 11) is 0. The fourth-order valence-corrected chi connectivity index (χ4v) is 3.18. The monoisotopic (exact) mass is 286 g/mol. The normalized spacial score (nSPS) is 13.4. The molecule has 0 spiro atoms. The van der Waals surface area contributed by atoms with Crippen molar-refractivity contribution >= 4 is 22.9 Å². The second kappa shape index (κ2) is 6.09. The van der Waals surface area contributed by atoms with Crippen LogP contribution < -0.4 is 10.6 Å². The number of benzene rings is 1. The van der Waals surface area contributed by atoms with E-state index in [0.29, 0.717) is 6.54 Å². The van der Waals surface area contributed by atoms with Crippen molar-refractivity contribution < 1.29 is 4.79 Å². The van der Waals surface area contributed by atoms with E-state index >= 15 is 0 Å². The van der Waals surface area contributed by atoms with Gasteiger partial charge >= 0.3 is 0 Å². The van der Waals surface area contributed by atoms with Crippen molar-refractivity contribution in [2.75, 3.05) is 18.4 Å². The van der Waals surface area contributed by atoms with Gasteiger partial charge < -0.3 is 10.6 Å². The lowest BCUT2D eigenvalue weighted by Gasteiger charge is -2.18. The number of hydrogen-bond donors (Lipinski definition) is 2. The quantitative estimate of drug-likeness (QED) is 0.907. The SMILES string of the molecule is O=C(NCCc1ccsc1)c1ccc2c(c1)CCCN2. The Morgan fingerprint density at radius 3 is 3.15 bits per heavy atom. The molecule has 0 saturated carbocycles. The van der Waals surface area contributed by atoms with Crippen LogP contribution in [-0.2, 0) is 12.8 Å². The number of fused-ring (bicyclic) bond motifs is 1. The van der Waals surface area contributed by atoms with Crippen LogP contribution in [0.25, 0.3) is 0 Å². The average molecular weight is 286 g/mol. The summed E-state index contributed by atoms with van der Waals surface area (Å²) in [5.41, 5.74) is 4.47. The highest BCUT2D eigenvalue weighted by atomic mass is 32.1. The van der Waals surface area contributed by atoms with Crippen LogP contribution in [0.15, 0.2) is 35.0 Å². The fourth-order valence-electron chi connectivity index (χ4n) is 2.47. The maximum atomic E-state index is 12.1. The van der Waals surface area contributed by atoms with Crippen LogP contribution in [0.4, 0.5) is 5.69 Å². The zero-order valence-electron chi connectivity index (χ0n) is 11.3. The molecule has 0 aliphatic carbocycles. The molecule has 4 heteroatoms. The number of thiophene rings is 1. The van der Waals surface area contributed by atoms with E-state index in [4.69, 9.17) is 0 Å². The van der Waals surface area contributed by atoms with Crippen molar-refractivity contribution in [3.63, 3.8) is 0 Å². The summed E-state index contributed by atoms with van der Waals surface area (Å²) in [6, 6.07) is 8.03. The van der Waals surface area contributed by atoms with Gasteiger partial charge in [-0.15, -0.1) is 0 Å². The Bertz CT molecular complexity index is 593. The number of carbonyl (C=O) groups excluding carboxylic acids is 1. The molecule has 3 rings (SSSR count). The largest absolute Gasteiger partial charge is 0.385 e. The van der Waals surface area contributed by atoms with Gasteiger partial charge in [-0.1, -0.05) is 0 Å². The molecule has 0 saturated heterocycles. The molecule has 2 aromatic rings. The van der Waals surface area contributed by atoms with E-state index in [-0.39, 0.29) is 5.91 Å². The van der Waals surface area contributed by atoms with Crippen LogP contribution in [0, 0.1) is 0 Å².